The van der Waals surface area contributed by atoms with Crippen molar-refractivity contribution in [2.45, 2.75) is 4.90 Å². The highest BCUT2D eigenvalue weighted by Crippen LogP contribution is 2.16. The maximum Gasteiger partial charge on any atom is 0.251 e. The maximum absolute atomic E-state index is 12.1. The molecule has 0 aliphatic carbocycles. The molecule has 21 heavy (non-hydrogen) atoms. The van der Waals surface area contributed by atoms with E-state index in [2.05, 4.69) is 22.4 Å². The maximum atomic E-state index is 12.1. The van der Waals surface area contributed by atoms with Crippen molar-refractivity contribution in [2.24, 2.45) is 0 Å². The third kappa shape index (κ3) is 3.47. The van der Waals surface area contributed by atoms with E-state index in [0.29, 0.717) is 12.1 Å². The molecule has 3 aromatic rings. The Morgan fingerprint density at radius 3 is 2.81 bits per heavy atom. The van der Waals surface area contributed by atoms with Crippen molar-refractivity contribution in [1.82, 2.24) is 10.3 Å². The Labute approximate surface area is 127 Å². The summed E-state index contributed by atoms with van der Waals surface area (Å²) in [6, 6.07) is 17.9. The van der Waals surface area contributed by atoms with Crippen LogP contribution >= 0.6 is 11.8 Å². The molecule has 0 atom stereocenters. The minimum Gasteiger partial charge on any atom is -0.361 e. The van der Waals surface area contributed by atoms with Crippen LogP contribution in [0.15, 0.2) is 65.7 Å². The first-order valence-electron chi connectivity index (χ1n) is 6.86. The summed E-state index contributed by atoms with van der Waals surface area (Å²) in [5, 5.41) is 4.07. The predicted octanol–water partition coefficient (Wildman–Crippen LogP) is 3.69. The standard InChI is InChI=1S/C17H16N2OS/c20-17(14-7-6-13-8-9-18-16(13)12-14)19-10-11-21-15-4-2-1-3-5-15/h1-9,12,18H,10-11H2,(H,19,20). The van der Waals surface area contributed by atoms with Gasteiger partial charge in [0.05, 0.1) is 0 Å². The van der Waals surface area contributed by atoms with E-state index in [1.54, 1.807) is 11.8 Å². The van der Waals surface area contributed by atoms with Crippen LogP contribution in [0, 0.1) is 0 Å². The second-order valence-corrected chi connectivity index (χ2v) is 5.87. The molecule has 2 N–H and O–H groups in total. The molecule has 0 saturated carbocycles. The third-order valence-corrected chi connectivity index (χ3v) is 4.23. The van der Waals surface area contributed by atoms with Crippen molar-refractivity contribution < 1.29 is 4.79 Å². The van der Waals surface area contributed by atoms with Crippen molar-refractivity contribution >= 4 is 28.6 Å². The van der Waals surface area contributed by atoms with E-state index in [1.165, 1.54) is 4.90 Å². The Morgan fingerprint density at radius 1 is 1.10 bits per heavy atom. The number of amides is 1. The number of carbonyl (C=O) groups is 1. The van der Waals surface area contributed by atoms with E-state index in [1.807, 2.05) is 48.7 Å². The molecule has 4 heteroatoms. The molecule has 0 unspecified atom stereocenters. The number of benzene rings is 2. The van der Waals surface area contributed by atoms with Crippen LogP contribution in [-0.4, -0.2) is 23.2 Å². The Balaban J connectivity index is 1.52. The van der Waals surface area contributed by atoms with Gasteiger partial charge in [0.15, 0.2) is 0 Å². The fourth-order valence-electron chi connectivity index (χ4n) is 2.14. The van der Waals surface area contributed by atoms with Gasteiger partial charge in [0.25, 0.3) is 5.91 Å². The molecule has 3 nitrogen and oxygen atoms in total. The summed E-state index contributed by atoms with van der Waals surface area (Å²) in [6.07, 6.45) is 1.88. The summed E-state index contributed by atoms with van der Waals surface area (Å²) in [6.45, 7) is 0.654. The van der Waals surface area contributed by atoms with Crippen LogP contribution in [-0.2, 0) is 0 Å². The number of rotatable bonds is 5. The molecule has 0 aliphatic heterocycles. The van der Waals surface area contributed by atoms with Gasteiger partial charge in [-0.3, -0.25) is 4.79 Å². The van der Waals surface area contributed by atoms with Crippen LogP contribution in [0.4, 0.5) is 0 Å². The first kappa shape index (κ1) is 13.8. The molecule has 1 heterocycles. The summed E-state index contributed by atoms with van der Waals surface area (Å²) in [7, 11) is 0. The molecule has 106 valence electrons. The lowest BCUT2D eigenvalue weighted by atomic mass is 10.1. The number of thioether (sulfide) groups is 1. The average molecular weight is 296 g/mol. The van der Waals surface area contributed by atoms with Gasteiger partial charge in [-0.2, -0.15) is 0 Å². The topological polar surface area (TPSA) is 44.9 Å². The van der Waals surface area contributed by atoms with E-state index >= 15 is 0 Å². The van der Waals surface area contributed by atoms with Gasteiger partial charge >= 0.3 is 0 Å². The highest BCUT2D eigenvalue weighted by atomic mass is 32.2. The van der Waals surface area contributed by atoms with Crippen molar-refractivity contribution in [3.8, 4) is 0 Å². The number of carbonyl (C=O) groups excluding carboxylic acids is 1. The second kappa shape index (κ2) is 6.50. The molecule has 0 spiro atoms. The number of hydrogen-bond donors (Lipinski definition) is 2. The lowest BCUT2D eigenvalue weighted by molar-refractivity contribution is 0.0956. The Bertz CT molecular complexity index is 737. The molecule has 0 bridgehead atoms. The molecule has 1 aromatic heterocycles. The normalized spacial score (nSPS) is 10.7. The van der Waals surface area contributed by atoms with Crippen molar-refractivity contribution in [3.63, 3.8) is 0 Å². The molecule has 0 saturated heterocycles. The summed E-state index contributed by atoms with van der Waals surface area (Å²) >= 11 is 1.74. The minimum atomic E-state index is -0.0276. The summed E-state index contributed by atoms with van der Waals surface area (Å²) in [4.78, 5) is 16.4. The van der Waals surface area contributed by atoms with Crippen LogP contribution < -0.4 is 5.32 Å². The smallest absolute Gasteiger partial charge is 0.251 e. The number of nitrogens with one attached hydrogen (secondary N) is 2. The van der Waals surface area contributed by atoms with E-state index in [9.17, 15) is 4.79 Å². The zero-order valence-electron chi connectivity index (χ0n) is 11.5. The third-order valence-electron chi connectivity index (χ3n) is 3.22. The van der Waals surface area contributed by atoms with E-state index < -0.39 is 0 Å². The molecule has 2 aromatic carbocycles. The lowest BCUT2D eigenvalue weighted by Crippen LogP contribution is -2.25. The highest BCUT2D eigenvalue weighted by molar-refractivity contribution is 7.99. The van der Waals surface area contributed by atoms with Gasteiger partial charge in [-0.25, -0.2) is 0 Å². The summed E-state index contributed by atoms with van der Waals surface area (Å²) in [5.74, 6) is 0.834. The molecule has 1 amide bonds. The van der Waals surface area contributed by atoms with E-state index in [0.717, 1.165) is 16.7 Å². The molecule has 0 aliphatic rings. The first-order valence-corrected chi connectivity index (χ1v) is 7.85. The summed E-state index contributed by atoms with van der Waals surface area (Å²) < 4.78 is 0. The largest absolute Gasteiger partial charge is 0.361 e. The monoisotopic (exact) mass is 296 g/mol. The van der Waals surface area contributed by atoms with E-state index in [4.69, 9.17) is 0 Å². The van der Waals surface area contributed by atoms with Gasteiger partial charge < -0.3 is 10.3 Å². The SMILES string of the molecule is O=C(NCCSc1ccccc1)c1ccc2cc[nH]c2c1. The van der Waals surface area contributed by atoms with Crippen LogP contribution in [0.5, 0.6) is 0 Å². The van der Waals surface area contributed by atoms with Crippen LogP contribution in [0.2, 0.25) is 0 Å². The first-order chi connectivity index (χ1) is 10.3. The molecular formula is C17H16N2OS. The van der Waals surface area contributed by atoms with Gasteiger partial charge in [0.1, 0.15) is 0 Å². The molecule has 0 radical (unpaired) electrons. The zero-order chi connectivity index (χ0) is 14.5. The lowest BCUT2D eigenvalue weighted by Gasteiger charge is -2.05. The van der Waals surface area contributed by atoms with Crippen LogP contribution in [0.1, 0.15) is 10.4 Å². The average Bonchev–Trinajstić information content (AvgIpc) is 3.00. The van der Waals surface area contributed by atoms with Gasteiger partial charge in [0, 0.05) is 34.5 Å². The Kier molecular flexibility index (Phi) is 4.26. The van der Waals surface area contributed by atoms with E-state index in [-0.39, 0.29) is 5.91 Å². The Hall–Kier alpha value is -2.20. The molecular weight excluding hydrogens is 280 g/mol. The van der Waals surface area contributed by atoms with Gasteiger partial charge in [-0.05, 0) is 35.7 Å². The van der Waals surface area contributed by atoms with Crippen LogP contribution in [0.25, 0.3) is 10.9 Å². The van der Waals surface area contributed by atoms with Crippen LogP contribution in [0.3, 0.4) is 0 Å². The minimum absolute atomic E-state index is 0.0276. The van der Waals surface area contributed by atoms with Gasteiger partial charge in [0.2, 0.25) is 0 Å². The van der Waals surface area contributed by atoms with Gasteiger partial charge in [-0.15, -0.1) is 11.8 Å². The predicted molar refractivity (Wildman–Crippen MR) is 87.8 cm³/mol. The van der Waals surface area contributed by atoms with Gasteiger partial charge in [-0.1, -0.05) is 24.3 Å². The fraction of sp³-hybridized carbons (Fsp3) is 0.118. The van der Waals surface area contributed by atoms with Crippen molar-refractivity contribution in [1.29, 1.82) is 0 Å². The molecule has 3 rings (SSSR count). The zero-order valence-corrected chi connectivity index (χ0v) is 12.3. The number of hydrogen-bond acceptors (Lipinski definition) is 2. The second-order valence-electron chi connectivity index (χ2n) is 4.70. The number of H-pyrrole nitrogens is 1. The van der Waals surface area contributed by atoms with Crippen molar-refractivity contribution in [3.05, 3.63) is 66.4 Å². The number of aromatic nitrogens is 1. The quantitative estimate of drug-likeness (QED) is 0.557. The summed E-state index contributed by atoms with van der Waals surface area (Å²) in [5.41, 5.74) is 1.68. The fourth-order valence-corrected chi connectivity index (χ4v) is 2.93. The molecule has 0 fully saturated rings. The number of aromatic amines is 1. The Morgan fingerprint density at radius 2 is 1.95 bits per heavy atom. The van der Waals surface area contributed by atoms with Crippen molar-refractivity contribution in [2.75, 3.05) is 12.3 Å². The number of fused-ring (bicyclic) bond motifs is 1. The highest BCUT2D eigenvalue weighted by Gasteiger charge is 2.06.